The number of carbonyl (C=O) groups excluding carboxylic acids is 2. The van der Waals surface area contributed by atoms with Crippen LogP contribution in [-0.4, -0.2) is 67.0 Å². The predicted molar refractivity (Wildman–Crippen MR) is 81.7 cm³/mol. The molecule has 1 heterocycles. The Bertz CT molecular complexity index is 337. The number of ether oxygens (including phenoxy) is 1. The summed E-state index contributed by atoms with van der Waals surface area (Å²) >= 11 is 0. The molecule has 0 aromatic rings. The topological polar surface area (TPSA) is 75.9 Å². The molecule has 1 aliphatic heterocycles. The highest BCUT2D eigenvalue weighted by Gasteiger charge is 2.31. The molecule has 1 fully saturated rings. The molecule has 0 aromatic heterocycles. The Morgan fingerprint density at radius 1 is 1.24 bits per heavy atom. The molecular formula is C15H29N3O3. The fraction of sp³-hybridized carbons (Fsp3) is 0.867. The van der Waals surface area contributed by atoms with E-state index >= 15 is 0 Å². The van der Waals surface area contributed by atoms with Crippen molar-refractivity contribution >= 4 is 11.9 Å². The predicted octanol–water partition coefficient (Wildman–Crippen LogP) is 0.457. The molecule has 0 radical (unpaired) electrons. The van der Waals surface area contributed by atoms with E-state index in [1.807, 2.05) is 0 Å². The maximum atomic E-state index is 12.1. The number of esters is 1. The van der Waals surface area contributed by atoms with Gasteiger partial charge in [0, 0.05) is 19.6 Å². The fourth-order valence-corrected chi connectivity index (χ4v) is 2.71. The zero-order chi connectivity index (χ0) is 15.8. The normalized spacial score (nSPS) is 17.9. The monoisotopic (exact) mass is 299 g/mol. The summed E-state index contributed by atoms with van der Waals surface area (Å²) in [7, 11) is 0. The van der Waals surface area contributed by atoms with E-state index in [2.05, 4.69) is 18.7 Å². The maximum absolute atomic E-state index is 12.1. The molecule has 1 unspecified atom stereocenters. The number of nitrogens with two attached hydrogens (primary N) is 1. The number of hydrogen-bond donors (Lipinski definition) is 1. The van der Waals surface area contributed by atoms with Gasteiger partial charge in [-0.3, -0.25) is 4.79 Å². The Hall–Kier alpha value is -1.14. The van der Waals surface area contributed by atoms with Crippen molar-refractivity contribution in [3.8, 4) is 0 Å². The van der Waals surface area contributed by atoms with Gasteiger partial charge in [0.25, 0.3) is 5.91 Å². The van der Waals surface area contributed by atoms with Gasteiger partial charge in [-0.2, -0.15) is 0 Å². The Morgan fingerprint density at radius 2 is 1.81 bits per heavy atom. The second-order valence-electron chi connectivity index (χ2n) is 5.48. The molecule has 0 saturated carbocycles. The Balaban J connectivity index is 2.41. The lowest BCUT2D eigenvalue weighted by atomic mass is 9.95. The SMILES string of the molecule is CCOC(=O)C(N)C(=O)N1CCC(CN(CC)CC)CC1. The van der Waals surface area contributed by atoms with Crippen LogP contribution in [0.25, 0.3) is 0 Å². The lowest BCUT2D eigenvalue weighted by molar-refractivity contribution is -0.151. The van der Waals surface area contributed by atoms with Gasteiger partial charge < -0.3 is 20.3 Å². The Labute approximate surface area is 127 Å². The Morgan fingerprint density at radius 3 is 2.29 bits per heavy atom. The molecule has 1 amide bonds. The third-order valence-electron chi connectivity index (χ3n) is 4.14. The zero-order valence-electron chi connectivity index (χ0n) is 13.5. The number of rotatable bonds is 7. The lowest BCUT2D eigenvalue weighted by Gasteiger charge is -2.35. The van der Waals surface area contributed by atoms with Crippen molar-refractivity contribution in [2.45, 2.75) is 39.7 Å². The molecule has 122 valence electrons. The first-order valence-corrected chi connectivity index (χ1v) is 7.96. The third-order valence-corrected chi connectivity index (χ3v) is 4.14. The molecule has 0 bridgehead atoms. The average Bonchev–Trinajstić information content (AvgIpc) is 2.52. The molecule has 0 aliphatic carbocycles. The van der Waals surface area contributed by atoms with Crippen molar-refractivity contribution in [3.63, 3.8) is 0 Å². The summed E-state index contributed by atoms with van der Waals surface area (Å²) in [4.78, 5) is 27.8. The van der Waals surface area contributed by atoms with E-state index in [4.69, 9.17) is 10.5 Å². The second kappa shape index (κ2) is 9.00. The van der Waals surface area contributed by atoms with Crippen LogP contribution in [0.2, 0.25) is 0 Å². The molecule has 1 rings (SSSR count). The van der Waals surface area contributed by atoms with Crippen molar-refractivity contribution in [2.75, 3.05) is 39.3 Å². The van der Waals surface area contributed by atoms with Crippen LogP contribution in [0.1, 0.15) is 33.6 Å². The molecule has 6 heteroatoms. The van der Waals surface area contributed by atoms with Gasteiger partial charge in [-0.05, 0) is 38.8 Å². The zero-order valence-corrected chi connectivity index (χ0v) is 13.5. The van der Waals surface area contributed by atoms with Crippen molar-refractivity contribution in [1.82, 2.24) is 9.80 Å². The quantitative estimate of drug-likeness (QED) is 0.546. The summed E-state index contributed by atoms with van der Waals surface area (Å²) in [5.74, 6) is -0.324. The summed E-state index contributed by atoms with van der Waals surface area (Å²) in [5, 5.41) is 0. The highest BCUT2D eigenvalue weighted by Crippen LogP contribution is 2.19. The van der Waals surface area contributed by atoms with Gasteiger partial charge in [0.05, 0.1) is 6.61 Å². The first-order valence-electron chi connectivity index (χ1n) is 7.96. The third kappa shape index (κ3) is 5.28. The Kier molecular flexibility index (Phi) is 7.67. The van der Waals surface area contributed by atoms with Crippen molar-refractivity contribution in [3.05, 3.63) is 0 Å². The van der Waals surface area contributed by atoms with Gasteiger partial charge in [0.2, 0.25) is 0 Å². The molecule has 0 aromatic carbocycles. The van der Waals surface area contributed by atoms with E-state index in [0.29, 0.717) is 19.0 Å². The molecule has 1 saturated heterocycles. The summed E-state index contributed by atoms with van der Waals surface area (Å²) in [5.41, 5.74) is 5.66. The largest absolute Gasteiger partial charge is 0.464 e. The summed E-state index contributed by atoms with van der Waals surface area (Å²) in [6.45, 7) is 10.8. The highest BCUT2D eigenvalue weighted by molar-refractivity contribution is 6.01. The summed E-state index contributed by atoms with van der Waals surface area (Å²) in [6.07, 6.45) is 1.94. The van der Waals surface area contributed by atoms with E-state index in [1.165, 1.54) is 0 Å². The van der Waals surface area contributed by atoms with Crippen LogP contribution in [0.15, 0.2) is 0 Å². The first-order chi connectivity index (χ1) is 10.0. The number of likely N-dealkylation sites (tertiary alicyclic amines) is 1. The minimum Gasteiger partial charge on any atom is -0.464 e. The number of hydrogen-bond acceptors (Lipinski definition) is 5. The van der Waals surface area contributed by atoms with Crippen LogP contribution in [0.5, 0.6) is 0 Å². The van der Waals surface area contributed by atoms with Crippen LogP contribution in [0.3, 0.4) is 0 Å². The number of carbonyl (C=O) groups is 2. The number of amides is 1. The van der Waals surface area contributed by atoms with Crippen molar-refractivity contribution in [1.29, 1.82) is 0 Å². The van der Waals surface area contributed by atoms with Crippen molar-refractivity contribution < 1.29 is 14.3 Å². The standard InChI is InChI=1S/C15H29N3O3/c1-4-17(5-2)11-12-7-9-18(10-8-12)14(19)13(16)15(20)21-6-3/h12-13H,4-11,16H2,1-3H3. The molecule has 1 aliphatic rings. The smallest absolute Gasteiger partial charge is 0.332 e. The number of nitrogens with zero attached hydrogens (tertiary/aromatic N) is 2. The maximum Gasteiger partial charge on any atom is 0.332 e. The molecule has 0 spiro atoms. The van der Waals surface area contributed by atoms with Crippen molar-refractivity contribution in [2.24, 2.45) is 11.7 Å². The lowest BCUT2D eigenvalue weighted by Crippen LogP contribution is -2.51. The minimum atomic E-state index is -1.18. The molecule has 1 atom stereocenters. The van der Waals surface area contributed by atoms with E-state index in [1.54, 1.807) is 11.8 Å². The molecule has 21 heavy (non-hydrogen) atoms. The van der Waals surface area contributed by atoms with Crippen LogP contribution < -0.4 is 5.73 Å². The van der Waals surface area contributed by atoms with Gasteiger partial charge in [-0.1, -0.05) is 13.8 Å². The van der Waals surface area contributed by atoms with E-state index in [-0.39, 0.29) is 12.5 Å². The minimum absolute atomic E-state index is 0.242. The van der Waals surface area contributed by atoms with Crippen LogP contribution in [0.4, 0.5) is 0 Å². The highest BCUT2D eigenvalue weighted by atomic mass is 16.5. The van der Waals surface area contributed by atoms with Gasteiger partial charge >= 0.3 is 5.97 Å². The second-order valence-corrected chi connectivity index (χ2v) is 5.48. The number of piperidine rings is 1. The van der Waals surface area contributed by atoms with Gasteiger partial charge in [-0.25, -0.2) is 4.79 Å². The molecular weight excluding hydrogens is 270 g/mol. The first kappa shape index (κ1) is 17.9. The average molecular weight is 299 g/mol. The van der Waals surface area contributed by atoms with Crippen LogP contribution >= 0.6 is 0 Å². The van der Waals surface area contributed by atoms with Gasteiger partial charge in [-0.15, -0.1) is 0 Å². The molecule has 6 nitrogen and oxygen atoms in total. The van der Waals surface area contributed by atoms with Gasteiger partial charge in [0.15, 0.2) is 6.04 Å². The van der Waals surface area contributed by atoms with Crippen LogP contribution in [-0.2, 0) is 14.3 Å². The van der Waals surface area contributed by atoms with E-state index < -0.39 is 12.0 Å². The van der Waals surface area contributed by atoms with E-state index in [9.17, 15) is 9.59 Å². The fourth-order valence-electron chi connectivity index (χ4n) is 2.71. The molecule has 2 N–H and O–H groups in total. The summed E-state index contributed by atoms with van der Waals surface area (Å²) < 4.78 is 4.80. The van der Waals surface area contributed by atoms with Gasteiger partial charge in [0.1, 0.15) is 0 Å². The summed E-state index contributed by atoms with van der Waals surface area (Å²) in [6, 6.07) is -1.18. The van der Waals surface area contributed by atoms with E-state index in [0.717, 1.165) is 32.5 Å². The van der Waals surface area contributed by atoms with Crippen LogP contribution in [0, 0.1) is 5.92 Å².